The highest BCUT2D eigenvalue weighted by atomic mass is 79.9. The van der Waals surface area contributed by atoms with Crippen LogP contribution >= 0.6 is 31.9 Å². The van der Waals surface area contributed by atoms with E-state index in [4.69, 9.17) is 9.47 Å². The Morgan fingerprint density at radius 3 is 1.79 bits per heavy atom. The number of ether oxygens (including phenoxy) is 2. The molecule has 0 bridgehead atoms. The molecule has 0 saturated carbocycles. The van der Waals surface area contributed by atoms with Gasteiger partial charge in [-0.3, -0.25) is 0 Å². The smallest absolute Gasteiger partial charge is 0.118 e. The van der Waals surface area contributed by atoms with Crippen LogP contribution in [0.25, 0.3) is 0 Å². The van der Waals surface area contributed by atoms with Crippen molar-refractivity contribution >= 4 is 31.9 Å². The number of rotatable bonds is 11. The predicted octanol–water partition coefficient (Wildman–Crippen LogP) is 6.91. The standard InChI is InChI=1S/C24H28Br2O2/c1-27-23-10-6-19(7-11-23)17-21(5-3-4-15-25)22(14-16-26)18-20-8-12-24(28-2)13-9-20/h3,5-13H,4,14-18H2,1-2H3/b5-3+,22-21-. The van der Waals surface area contributed by atoms with Crippen molar-refractivity contribution in [2.45, 2.75) is 25.7 Å². The summed E-state index contributed by atoms with van der Waals surface area (Å²) in [5, 5.41) is 1.93. The summed E-state index contributed by atoms with van der Waals surface area (Å²) in [4.78, 5) is 0. The number of hydrogen-bond donors (Lipinski definition) is 0. The van der Waals surface area contributed by atoms with E-state index in [1.54, 1.807) is 14.2 Å². The first kappa shape index (κ1) is 22.8. The summed E-state index contributed by atoms with van der Waals surface area (Å²) >= 11 is 7.16. The molecule has 0 amide bonds. The van der Waals surface area contributed by atoms with Gasteiger partial charge in [0.15, 0.2) is 0 Å². The van der Waals surface area contributed by atoms with Crippen molar-refractivity contribution in [2.24, 2.45) is 0 Å². The second-order valence-corrected chi connectivity index (χ2v) is 8.08. The average molecular weight is 508 g/mol. The molecular formula is C24H28Br2O2. The van der Waals surface area contributed by atoms with Gasteiger partial charge in [0.1, 0.15) is 11.5 Å². The van der Waals surface area contributed by atoms with Crippen molar-refractivity contribution in [3.63, 3.8) is 0 Å². The van der Waals surface area contributed by atoms with Crippen LogP contribution in [0.1, 0.15) is 24.0 Å². The van der Waals surface area contributed by atoms with Gasteiger partial charge >= 0.3 is 0 Å². The third-order valence-corrected chi connectivity index (χ3v) is 5.43. The van der Waals surface area contributed by atoms with Gasteiger partial charge in [0.2, 0.25) is 0 Å². The van der Waals surface area contributed by atoms with Crippen LogP contribution in [-0.4, -0.2) is 24.9 Å². The fraction of sp³-hybridized carbons (Fsp3) is 0.333. The molecule has 150 valence electrons. The normalized spacial score (nSPS) is 12.1. The zero-order valence-corrected chi connectivity index (χ0v) is 19.8. The van der Waals surface area contributed by atoms with Crippen LogP contribution in [0.3, 0.4) is 0 Å². The number of allylic oxidation sites excluding steroid dienone is 4. The predicted molar refractivity (Wildman–Crippen MR) is 126 cm³/mol. The molecule has 0 aromatic heterocycles. The van der Waals surface area contributed by atoms with Crippen molar-refractivity contribution in [2.75, 3.05) is 24.9 Å². The van der Waals surface area contributed by atoms with E-state index in [0.29, 0.717) is 0 Å². The zero-order chi connectivity index (χ0) is 20.2. The summed E-state index contributed by atoms with van der Waals surface area (Å²) in [6, 6.07) is 16.7. The maximum atomic E-state index is 5.29. The highest BCUT2D eigenvalue weighted by molar-refractivity contribution is 9.09. The first-order chi connectivity index (χ1) is 13.7. The molecule has 28 heavy (non-hydrogen) atoms. The van der Waals surface area contributed by atoms with Gasteiger partial charge in [-0.15, -0.1) is 0 Å². The van der Waals surface area contributed by atoms with Gasteiger partial charge in [0, 0.05) is 10.7 Å². The lowest BCUT2D eigenvalue weighted by atomic mass is 9.93. The molecule has 0 spiro atoms. The number of halogens is 2. The van der Waals surface area contributed by atoms with Crippen molar-refractivity contribution in [1.29, 1.82) is 0 Å². The summed E-state index contributed by atoms with van der Waals surface area (Å²) in [6.07, 6.45) is 8.47. The highest BCUT2D eigenvalue weighted by Crippen LogP contribution is 2.24. The monoisotopic (exact) mass is 506 g/mol. The molecule has 0 N–H and O–H groups in total. The first-order valence-corrected chi connectivity index (χ1v) is 11.7. The summed E-state index contributed by atoms with van der Waals surface area (Å²) in [5.74, 6) is 1.79. The van der Waals surface area contributed by atoms with Crippen molar-refractivity contribution in [3.05, 3.63) is 83.0 Å². The highest BCUT2D eigenvalue weighted by Gasteiger charge is 2.08. The van der Waals surface area contributed by atoms with Gasteiger partial charge in [-0.05, 0) is 66.6 Å². The van der Waals surface area contributed by atoms with E-state index in [-0.39, 0.29) is 0 Å². The summed E-state index contributed by atoms with van der Waals surface area (Å²) < 4.78 is 10.6. The Morgan fingerprint density at radius 2 is 1.32 bits per heavy atom. The van der Waals surface area contributed by atoms with Crippen LogP contribution in [0.4, 0.5) is 0 Å². The maximum absolute atomic E-state index is 5.29. The Bertz CT molecular complexity index is 762. The minimum atomic E-state index is 0.892. The van der Waals surface area contributed by atoms with Gasteiger partial charge in [0.25, 0.3) is 0 Å². The van der Waals surface area contributed by atoms with Gasteiger partial charge < -0.3 is 9.47 Å². The van der Waals surface area contributed by atoms with Crippen LogP contribution < -0.4 is 9.47 Å². The quantitative estimate of drug-likeness (QED) is 0.243. The van der Waals surface area contributed by atoms with Gasteiger partial charge in [-0.25, -0.2) is 0 Å². The molecule has 0 radical (unpaired) electrons. The number of alkyl halides is 2. The molecule has 2 rings (SSSR count). The van der Waals surface area contributed by atoms with Crippen LogP contribution in [0.2, 0.25) is 0 Å². The van der Waals surface area contributed by atoms with E-state index in [1.165, 1.54) is 22.3 Å². The largest absolute Gasteiger partial charge is 0.497 e. The number of benzene rings is 2. The van der Waals surface area contributed by atoms with E-state index in [9.17, 15) is 0 Å². The molecule has 0 fully saturated rings. The Hall–Kier alpha value is -1.52. The lowest BCUT2D eigenvalue weighted by Gasteiger charge is -2.14. The lowest BCUT2D eigenvalue weighted by molar-refractivity contribution is 0.414. The van der Waals surface area contributed by atoms with Gasteiger partial charge in [0.05, 0.1) is 14.2 Å². The van der Waals surface area contributed by atoms with E-state index < -0.39 is 0 Å². The first-order valence-electron chi connectivity index (χ1n) is 9.45. The molecule has 4 heteroatoms. The Kier molecular flexibility index (Phi) is 10.4. The minimum absolute atomic E-state index is 0.892. The molecule has 0 atom stereocenters. The zero-order valence-electron chi connectivity index (χ0n) is 16.6. The van der Waals surface area contributed by atoms with Crippen molar-refractivity contribution < 1.29 is 9.47 Å². The molecule has 2 nitrogen and oxygen atoms in total. The van der Waals surface area contributed by atoms with E-state index in [1.807, 2.05) is 24.3 Å². The summed E-state index contributed by atoms with van der Waals surface area (Å²) in [5.41, 5.74) is 5.45. The second kappa shape index (κ2) is 12.8. The molecule has 2 aromatic rings. The van der Waals surface area contributed by atoms with Crippen LogP contribution in [-0.2, 0) is 12.8 Å². The second-order valence-electron chi connectivity index (χ2n) is 6.50. The van der Waals surface area contributed by atoms with E-state index >= 15 is 0 Å². The molecule has 0 heterocycles. The molecule has 0 aliphatic carbocycles. The molecule has 0 aliphatic heterocycles. The van der Waals surface area contributed by atoms with E-state index in [2.05, 4.69) is 68.3 Å². The van der Waals surface area contributed by atoms with Crippen molar-refractivity contribution in [3.8, 4) is 11.5 Å². The Morgan fingerprint density at radius 1 is 0.786 bits per heavy atom. The lowest BCUT2D eigenvalue weighted by Crippen LogP contribution is -2.00. The van der Waals surface area contributed by atoms with Crippen LogP contribution in [0.5, 0.6) is 11.5 Å². The van der Waals surface area contributed by atoms with Gasteiger partial charge in [-0.2, -0.15) is 0 Å². The number of methoxy groups -OCH3 is 2. The number of hydrogen-bond acceptors (Lipinski definition) is 2. The molecule has 0 unspecified atom stereocenters. The third-order valence-electron chi connectivity index (χ3n) is 4.58. The average Bonchev–Trinajstić information content (AvgIpc) is 2.74. The van der Waals surface area contributed by atoms with Gasteiger partial charge in [-0.1, -0.05) is 73.9 Å². The molecule has 2 aromatic carbocycles. The fourth-order valence-electron chi connectivity index (χ4n) is 3.02. The Labute approximate surface area is 185 Å². The third kappa shape index (κ3) is 7.48. The minimum Gasteiger partial charge on any atom is -0.497 e. The maximum Gasteiger partial charge on any atom is 0.118 e. The fourth-order valence-corrected chi connectivity index (χ4v) is 3.76. The summed E-state index contributed by atoms with van der Waals surface area (Å²) in [7, 11) is 3.40. The summed E-state index contributed by atoms with van der Waals surface area (Å²) in [6.45, 7) is 0. The molecular weight excluding hydrogens is 480 g/mol. The molecule has 0 saturated heterocycles. The van der Waals surface area contributed by atoms with Crippen LogP contribution in [0, 0.1) is 0 Å². The Balaban J connectivity index is 2.31. The topological polar surface area (TPSA) is 18.5 Å². The van der Waals surface area contributed by atoms with E-state index in [0.717, 1.165) is 47.8 Å². The van der Waals surface area contributed by atoms with Crippen molar-refractivity contribution in [1.82, 2.24) is 0 Å². The van der Waals surface area contributed by atoms with Crippen LogP contribution in [0.15, 0.2) is 71.8 Å². The molecule has 0 aliphatic rings. The SMILES string of the molecule is COc1ccc(CC(/C=C/CCBr)=C(/CCBr)Cc2ccc(OC)cc2)cc1.